The highest BCUT2D eigenvalue weighted by atomic mass is 35.5. The highest BCUT2D eigenvalue weighted by molar-refractivity contribution is 6.19. The van der Waals surface area contributed by atoms with Crippen molar-refractivity contribution in [2.24, 2.45) is 0 Å². The van der Waals surface area contributed by atoms with E-state index in [1.807, 2.05) is 4.90 Å². The number of benzene rings is 3. The Morgan fingerprint density at radius 2 is 1.84 bits per heavy atom. The van der Waals surface area contributed by atoms with Crippen molar-refractivity contribution in [2.45, 2.75) is 39.0 Å². The SMILES string of the molecule is COCOc1ccc(C(=O)Nc2ccc3nc(C(=O)N4C[C@@H](CCl)c5c4cc(C(C)(C)C)c4cccc(C)c54)cn3c2)cc1. The fraction of sp³-hybridized carbons (Fsp3) is 0.286. The van der Waals surface area contributed by atoms with Crippen LogP contribution < -0.4 is 15.0 Å². The van der Waals surface area contributed by atoms with E-state index < -0.39 is 0 Å². The molecule has 1 aliphatic rings. The molecule has 3 heterocycles. The van der Waals surface area contributed by atoms with Gasteiger partial charge in [-0.25, -0.2) is 4.98 Å². The standard InChI is InChI=1S/C35H35ClN4O4/c1-21-7-6-8-26-27(35(2,3)4)15-29-32(31(21)26)23(16-36)17-40(29)34(42)28-19-39-18-24(11-14-30(39)38-28)37-33(41)22-9-12-25(13-10-22)44-20-43-5/h6-15,18-19,23H,16-17,20H2,1-5H3,(H,37,41)/t23-/m1/s1. The molecule has 226 valence electrons. The van der Waals surface area contributed by atoms with Crippen LogP contribution in [0.25, 0.3) is 16.4 Å². The van der Waals surface area contributed by atoms with Crippen molar-refractivity contribution >= 4 is 51.2 Å². The van der Waals surface area contributed by atoms with Crippen LogP contribution in [0.1, 0.15) is 64.2 Å². The van der Waals surface area contributed by atoms with Gasteiger partial charge in [0.2, 0.25) is 0 Å². The molecule has 6 rings (SSSR count). The number of hydrogen-bond acceptors (Lipinski definition) is 5. The monoisotopic (exact) mass is 610 g/mol. The maximum atomic E-state index is 14.1. The summed E-state index contributed by atoms with van der Waals surface area (Å²) < 4.78 is 12.1. The Hall–Kier alpha value is -4.40. The third-order valence-corrected chi connectivity index (χ3v) is 8.49. The summed E-state index contributed by atoms with van der Waals surface area (Å²) in [4.78, 5) is 33.4. The summed E-state index contributed by atoms with van der Waals surface area (Å²) in [6, 6.07) is 18.9. The molecule has 3 aromatic carbocycles. The fourth-order valence-electron chi connectivity index (χ4n) is 6.00. The minimum absolute atomic E-state index is 0.00712. The number of methoxy groups -OCH3 is 1. The Morgan fingerprint density at radius 3 is 2.55 bits per heavy atom. The van der Waals surface area contributed by atoms with Gasteiger partial charge in [0.15, 0.2) is 6.79 Å². The van der Waals surface area contributed by atoms with Gasteiger partial charge >= 0.3 is 0 Å². The van der Waals surface area contributed by atoms with Crippen molar-refractivity contribution in [1.82, 2.24) is 9.38 Å². The molecule has 8 nitrogen and oxygen atoms in total. The molecule has 1 N–H and O–H groups in total. The number of carbonyl (C=O) groups excluding carboxylic acids is 2. The van der Waals surface area contributed by atoms with Crippen LogP contribution in [0.4, 0.5) is 11.4 Å². The zero-order valence-electron chi connectivity index (χ0n) is 25.5. The number of ether oxygens (including phenoxy) is 2. The number of aryl methyl sites for hydroxylation is 1. The van der Waals surface area contributed by atoms with Gasteiger partial charge in [-0.15, -0.1) is 11.6 Å². The lowest BCUT2D eigenvalue weighted by Gasteiger charge is -2.26. The van der Waals surface area contributed by atoms with Crippen molar-refractivity contribution in [3.05, 3.63) is 101 Å². The topological polar surface area (TPSA) is 85.2 Å². The number of anilines is 2. The third kappa shape index (κ3) is 5.40. The van der Waals surface area contributed by atoms with Gasteiger partial charge < -0.3 is 24.1 Å². The molecule has 0 saturated carbocycles. The van der Waals surface area contributed by atoms with Crippen molar-refractivity contribution in [3.8, 4) is 5.75 Å². The summed E-state index contributed by atoms with van der Waals surface area (Å²) in [5, 5.41) is 5.30. The second kappa shape index (κ2) is 11.6. The predicted molar refractivity (Wildman–Crippen MR) is 175 cm³/mol. The number of amides is 2. The van der Waals surface area contributed by atoms with Crippen molar-refractivity contribution in [2.75, 3.05) is 36.5 Å². The first-order chi connectivity index (χ1) is 21.1. The van der Waals surface area contributed by atoms with Crippen LogP contribution >= 0.6 is 11.6 Å². The molecule has 5 aromatic rings. The fourth-order valence-corrected chi connectivity index (χ4v) is 6.25. The van der Waals surface area contributed by atoms with E-state index in [1.165, 1.54) is 21.9 Å². The molecule has 9 heteroatoms. The maximum absolute atomic E-state index is 14.1. The molecule has 0 fully saturated rings. The van der Waals surface area contributed by atoms with Crippen LogP contribution in [0.3, 0.4) is 0 Å². The largest absolute Gasteiger partial charge is 0.468 e. The van der Waals surface area contributed by atoms with E-state index >= 15 is 0 Å². The number of fused-ring (bicyclic) bond motifs is 4. The van der Waals surface area contributed by atoms with E-state index in [0.717, 1.165) is 11.3 Å². The molecular weight excluding hydrogens is 576 g/mol. The average molecular weight is 611 g/mol. The molecule has 2 aromatic heterocycles. The molecule has 0 unspecified atom stereocenters. The number of nitrogens with one attached hydrogen (secondary N) is 1. The molecule has 1 atom stereocenters. The van der Waals surface area contributed by atoms with Crippen LogP contribution in [0, 0.1) is 6.92 Å². The van der Waals surface area contributed by atoms with Crippen LogP contribution in [-0.4, -0.2) is 47.5 Å². The number of nitrogens with zero attached hydrogens (tertiary/aromatic N) is 3. The molecule has 0 radical (unpaired) electrons. The molecular formula is C35H35ClN4O4. The molecule has 0 bridgehead atoms. The van der Waals surface area contributed by atoms with E-state index in [2.05, 4.69) is 62.3 Å². The quantitative estimate of drug-likeness (QED) is 0.154. The number of hydrogen-bond donors (Lipinski definition) is 1. The Labute approximate surface area is 261 Å². The molecule has 0 aliphatic carbocycles. The molecule has 44 heavy (non-hydrogen) atoms. The van der Waals surface area contributed by atoms with E-state index in [1.54, 1.807) is 60.3 Å². The normalized spacial score (nSPS) is 14.7. The lowest BCUT2D eigenvalue weighted by atomic mass is 9.80. The Balaban J connectivity index is 1.30. The van der Waals surface area contributed by atoms with Crippen molar-refractivity contribution in [1.29, 1.82) is 0 Å². The molecule has 1 aliphatic heterocycles. The van der Waals surface area contributed by atoms with Gasteiger partial charge in [-0.05, 0) is 82.3 Å². The predicted octanol–water partition coefficient (Wildman–Crippen LogP) is 7.31. The second-order valence-corrected chi connectivity index (χ2v) is 12.5. The number of halogens is 1. The molecule has 2 amide bonds. The Kier molecular flexibility index (Phi) is 7.82. The Morgan fingerprint density at radius 1 is 1.07 bits per heavy atom. The number of pyridine rings is 1. The maximum Gasteiger partial charge on any atom is 0.278 e. The number of alkyl halides is 1. The van der Waals surface area contributed by atoms with Gasteiger partial charge in [0.25, 0.3) is 11.8 Å². The first-order valence-electron chi connectivity index (χ1n) is 14.6. The minimum atomic E-state index is -0.267. The minimum Gasteiger partial charge on any atom is -0.468 e. The molecule has 0 spiro atoms. The number of carbonyl (C=O) groups is 2. The van der Waals surface area contributed by atoms with E-state index in [-0.39, 0.29) is 29.9 Å². The van der Waals surface area contributed by atoms with Crippen LogP contribution in [0.5, 0.6) is 5.75 Å². The van der Waals surface area contributed by atoms with E-state index in [0.29, 0.717) is 40.8 Å². The second-order valence-electron chi connectivity index (χ2n) is 12.2. The van der Waals surface area contributed by atoms with Crippen molar-refractivity contribution < 1.29 is 19.1 Å². The number of aromatic nitrogens is 2. The van der Waals surface area contributed by atoms with Crippen LogP contribution in [-0.2, 0) is 10.2 Å². The summed E-state index contributed by atoms with van der Waals surface area (Å²) in [7, 11) is 1.55. The van der Waals surface area contributed by atoms with Gasteiger partial charge in [-0.2, -0.15) is 0 Å². The van der Waals surface area contributed by atoms with Gasteiger partial charge in [-0.1, -0.05) is 39.0 Å². The van der Waals surface area contributed by atoms with Gasteiger partial charge in [0.1, 0.15) is 17.1 Å². The smallest absolute Gasteiger partial charge is 0.278 e. The van der Waals surface area contributed by atoms with Gasteiger partial charge in [-0.3, -0.25) is 9.59 Å². The zero-order chi connectivity index (χ0) is 31.2. The van der Waals surface area contributed by atoms with Gasteiger partial charge in [0.05, 0.1) is 5.69 Å². The number of imidazole rings is 1. The highest BCUT2D eigenvalue weighted by Crippen LogP contribution is 2.47. The average Bonchev–Trinajstić information content (AvgIpc) is 3.60. The van der Waals surface area contributed by atoms with E-state index in [9.17, 15) is 9.59 Å². The molecule has 0 saturated heterocycles. The zero-order valence-corrected chi connectivity index (χ0v) is 26.2. The highest BCUT2D eigenvalue weighted by Gasteiger charge is 2.37. The van der Waals surface area contributed by atoms with Crippen LogP contribution in [0.15, 0.2) is 73.1 Å². The third-order valence-electron chi connectivity index (χ3n) is 8.12. The summed E-state index contributed by atoms with van der Waals surface area (Å²) in [6.45, 7) is 9.33. The Bertz CT molecular complexity index is 1890. The van der Waals surface area contributed by atoms with Crippen molar-refractivity contribution in [3.63, 3.8) is 0 Å². The van der Waals surface area contributed by atoms with E-state index in [4.69, 9.17) is 21.1 Å². The summed E-state index contributed by atoms with van der Waals surface area (Å²) in [5.74, 6) is 0.574. The first-order valence-corrected chi connectivity index (χ1v) is 15.1. The summed E-state index contributed by atoms with van der Waals surface area (Å²) >= 11 is 6.53. The lowest BCUT2D eigenvalue weighted by molar-refractivity contribution is 0.0511. The number of rotatable bonds is 7. The lowest BCUT2D eigenvalue weighted by Crippen LogP contribution is -2.30. The summed E-state index contributed by atoms with van der Waals surface area (Å²) in [6.07, 6.45) is 3.46. The summed E-state index contributed by atoms with van der Waals surface area (Å²) in [5.41, 5.74) is 6.24. The van der Waals surface area contributed by atoms with Gasteiger partial charge in [0, 0.05) is 49.1 Å². The first kappa shape index (κ1) is 29.7. The van der Waals surface area contributed by atoms with Crippen LogP contribution in [0.2, 0.25) is 0 Å².